The number of amides is 1. The summed E-state index contributed by atoms with van der Waals surface area (Å²) >= 11 is 0. The van der Waals surface area contributed by atoms with E-state index in [0.29, 0.717) is 49.8 Å². The Labute approximate surface area is 190 Å². The van der Waals surface area contributed by atoms with E-state index in [9.17, 15) is 9.59 Å². The van der Waals surface area contributed by atoms with Gasteiger partial charge in [0.05, 0.1) is 12.1 Å². The van der Waals surface area contributed by atoms with Gasteiger partial charge in [-0.05, 0) is 32.9 Å². The zero-order valence-electron chi connectivity index (χ0n) is 19.0. The highest BCUT2D eigenvalue weighted by Gasteiger charge is 2.27. The molecule has 4 heterocycles. The van der Waals surface area contributed by atoms with E-state index in [1.54, 1.807) is 0 Å². The molecule has 1 amide bonds. The normalized spacial score (nSPS) is 14.8. The Bertz CT molecular complexity index is 1340. The van der Waals surface area contributed by atoms with Crippen molar-refractivity contribution >= 4 is 22.6 Å². The van der Waals surface area contributed by atoms with E-state index in [4.69, 9.17) is 4.52 Å². The number of aromatic amines is 1. The number of aryl methyl sites for hydroxylation is 2. The number of Topliss-reactive ketones (excluding diaryl/α,β-unsaturated/α-hetero) is 1. The van der Waals surface area contributed by atoms with Crippen LogP contribution in [0.1, 0.15) is 38.0 Å². The number of ketones is 1. The predicted octanol–water partition coefficient (Wildman–Crippen LogP) is 2.91. The molecule has 1 aliphatic rings. The van der Waals surface area contributed by atoms with Gasteiger partial charge in [-0.1, -0.05) is 23.4 Å². The minimum atomic E-state index is -0.0788. The van der Waals surface area contributed by atoms with Crippen molar-refractivity contribution in [2.75, 3.05) is 32.7 Å². The monoisotopic (exact) mass is 446 g/mol. The lowest BCUT2D eigenvalue weighted by atomic mass is 10.1. The van der Waals surface area contributed by atoms with E-state index in [0.717, 1.165) is 28.1 Å². The number of nitrogens with one attached hydrogen (secondary N) is 1. The van der Waals surface area contributed by atoms with Gasteiger partial charge in [0.2, 0.25) is 0 Å². The summed E-state index contributed by atoms with van der Waals surface area (Å²) in [6.45, 7) is 8.44. The maximum Gasteiger partial charge on any atom is 0.275 e. The Morgan fingerprint density at radius 3 is 2.55 bits per heavy atom. The van der Waals surface area contributed by atoms with Gasteiger partial charge in [-0.25, -0.2) is 0 Å². The van der Waals surface area contributed by atoms with Crippen LogP contribution in [0.4, 0.5) is 0 Å². The number of piperazine rings is 1. The number of rotatable bonds is 5. The van der Waals surface area contributed by atoms with Gasteiger partial charge in [0.15, 0.2) is 17.3 Å². The summed E-state index contributed by atoms with van der Waals surface area (Å²) in [5.41, 5.74) is 3.78. The van der Waals surface area contributed by atoms with Crippen molar-refractivity contribution < 1.29 is 14.1 Å². The highest BCUT2D eigenvalue weighted by atomic mass is 16.5. The zero-order chi connectivity index (χ0) is 23.1. The van der Waals surface area contributed by atoms with Crippen molar-refractivity contribution in [3.63, 3.8) is 0 Å². The number of benzene rings is 1. The standard InChI is InChI=1S/C24H26N6O3/c1-15-12-19(17(3)30(15)22-13-16(2)33-27-22)21(31)14-28-8-10-29(11-9-28)24(32)23-18-6-4-5-7-20(18)25-26-23/h4-7,12-13H,8-11,14H2,1-3H3,(H,25,26). The first-order valence-electron chi connectivity index (χ1n) is 11.0. The van der Waals surface area contributed by atoms with Gasteiger partial charge in [0.25, 0.3) is 5.91 Å². The van der Waals surface area contributed by atoms with E-state index in [-0.39, 0.29) is 11.7 Å². The summed E-state index contributed by atoms with van der Waals surface area (Å²) in [6, 6.07) is 11.4. The molecule has 1 fully saturated rings. The van der Waals surface area contributed by atoms with Crippen LogP contribution in [-0.2, 0) is 0 Å². The molecule has 9 heteroatoms. The molecule has 1 saturated heterocycles. The fourth-order valence-corrected chi connectivity index (χ4v) is 4.53. The number of hydrogen-bond acceptors (Lipinski definition) is 6. The molecule has 0 unspecified atom stereocenters. The summed E-state index contributed by atoms with van der Waals surface area (Å²) in [5.74, 6) is 1.39. The molecule has 4 aromatic rings. The molecule has 170 valence electrons. The Kier molecular flexibility index (Phi) is 5.33. The highest BCUT2D eigenvalue weighted by Crippen LogP contribution is 2.22. The minimum absolute atomic E-state index is 0.0626. The fraction of sp³-hybridized carbons (Fsp3) is 0.333. The summed E-state index contributed by atoms with van der Waals surface area (Å²) in [4.78, 5) is 30.0. The third kappa shape index (κ3) is 3.84. The van der Waals surface area contributed by atoms with Crippen LogP contribution >= 0.6 is 0 Å². The number of carbonyl (C=O) groups is 2. The quantitative estimate of drug-likeness (QED) is 0.473. The van der Waals surface area contributed by atoms with E-state index < -0.39 is 0 Å². The van der Waals surface area contributed by atoms with Crippen LogP contribution in [0.5, 0.6) is 0 Å². The summed E-state index contributed by atoms with van der Waals surface area (Å²) < 4.78 is 7.14. The Morgan fingerprint density at radius 1 is 1.06 bits per heavy atom. The van der Waals surface area contributed by atoms with Gasteiger partial charge < -0.3 is 9.42 Å². The number of para-hydroxylation sites is 1. The SMILES string of the molecule is Cc1cc(-n2c(C)cc(C(=O)CN3CCN(C(=O)c4n[nH]c5ccccc45)CC3)c2C)no1. The molecule has 0 aliphatic carbocycles. The van der Waals surface area contributed by atoms with Gasteiger partial charge in [0, 0.05) is 54.6 Å². The van der Waals surface area contributed by atoms with Crippen molar-refractivity contribution in [1.29, 1.82) is 0 Å². The van der Waals surface area contributed by atoms with Crippen molar-refractivity contribution in [1.82, 2.24) is 29.7 Å². The number of carbonyl (C=O) groups excluding carboxylic acids is 2. The van der Waals surface area contributed by atoms with Gasteiger partial charge in [-0.3, -0.25) is 24.2 Å². The molecule has 9 nitrogen and oxygen atoms in total. The van der Waals surface area contributed by atoms with Crippen LogP contribution in [0, 0.1) is 20.8 Å². The second-order valence-corrected chi connectivity index (χ2v) is 8.53. The molecular weight excluding hydrogens is 420 g/mol. The maximum atomic E-state index is 13.1. The van der Waals surface area contributed by atoms with Crippen molar-refractivity contribution in [3.8, 4) is 5.82 Å². The van der Waals surface area contributed by atoms with Crippen LogP contribution in [0.2, 0.25) is 0 Å². The molecule has 3 aromatic heterocycles. The van der Waals surface area contributed by atoms with E-state index >= 15 is 0 Å². The van der Waals surface area contributed by atoms with Crippen LogP contribution in [0.25, 0.3) is 16.7 Å². The molecule has 0 saturated carbocycles. The van der Waals surface area contributed by atoms with Crippen LogP contribution < -0.4 is 0 Å². The molecular formula is C24H26N6O3. The summed E-state index contributed by atoms with van der Waals surface area (Å²) in [5, 5.41) is 12.1. The summed E-state index contributed by atoms with van der Waals surface area (Å²) in [7, 11) is 0. The molecule has 33 heavy (non-hydrogen) atoms. The average Bonchev–Trinajstić information content (AvgIpc) is 3.50. The van der Waals surface area contributed by atoms with Crippen molar-refractivity contribution in [3.05, 3.63) is 64.8 Å². The summed E-state index contributed by atoms with van der Waals surface area (Å²) in [6.07, 6.45) is 0. The lowest BCUT2D eigenvalue weighted by Crippen LogP contribution is -2.50. The second kappa shape index (κ2) is 8.32. The highest BCUT2D eigenvalue weighted by molar-refractivity contribution is 6.04. The van der Waals surface area contributed by atoms with Gasteiger partial charge in [-0.2, -0.15) is 5.10 Å². The number of aromatic nitrogens is 4. The third-order valence-corrected chi connectivity index (χ3v) is 6.28. The predicted molar refractivity (Wildman–Crippen MR) is 123 cm³/mol. The number of H-pyrrole nitrogens is 1. The number of hydrogen-bond donors (Lipinski definition) is 1. The molecule has 0 atom stereocenters. The van der Waals surface area contributed by atoms with Crippen LogP contribution in [0.15, 0.2) is 40.9 Å². The molecule has 0 radical (unpaired) electrons. The van der Waals surface area contributed by atoms with Gasteiger partial charge >= 0.3 is 0 Å². The molecule has 0 spiro atoms. The Hall–Kier alpha value is -3.72. The minimum Gasteiger partial charge on any atom is -0.360 e. The number of fused-ring (bicyclic) bond motifs is 1. The van der Waals surface area contributed by atoms with E-state index in [2.05, 4.69) is 20.3 Å². The largest absolute Gasteiger partial charge is 0.360 e. The Balaban J connectivity index is 1.24. The topological polar surface area (TPSA) is 100 Å². The molecule has 0 bridgehead atoms. The lowest BCUT2D eigenvalue weighted by molar-refractivity contribution is 0.0621. The molecule has 1 aliphatic heterocycles. The first kappa shape index (κ1) is 21.1. The van der Waals surface area contributed by atoms with Crippen molar-refractivity contribution in [2.45, 2.75) is 20.8 Å². The zero-order valence-corrected chi connectivity index (χ0v) is 19.0. The first-order chi connectivity index (χ1) is 15.9. The third-order valence-electron chi connectivity index (χ3n) is 6.28. The molecule has 1 N–H and O–H groups in total. The fourth-order valence-electron chi connectivity index (χ4n) is 4.53. The first-order valence-corrected chi connectivity index (χ1v) is 11.0. The van der Waals surface area contributed by atoms with Crippen LogP contribution in [0.3, 0.4) is 0 Å². The van der Waals surface area contributed by atoms with Gasteiger partial charge in [-0.15, -0.1) is 0 Å². The smallest absolute Gasteiger partial charge is 0.275 e. The van der Waals surface area contributed by atoms with E-state index in [1.807, 2.05) is 66.6 Å². The Morgan fingerprint density at radius 2 is 1.82 bits per heavy atom. The van der Waals surface area contributed by atoms with Crippen molar-refractivity contribution in [2.24, 2.45) is 0 Å². The maximum absolute atomic E-state index is 13.1. The molecule has 1 aromatic carbocycles. The molecule has 5 rings (SSSR count). The number of nitrogens with zero attached hydrogens (tertiary/aromatic N) is 5. The van der Waals surface area contributed by atoms with E-state index in [1.165, 1.54) is 0 Å². The van der Waals surface area contributed by atoms with Gasteiger partial charge in [0.1, 0.15) is 5.76 Å². The second-order valence-electron chi connectivity index (χ2n) is 8.53. The lowest BCUT2D eigenvalue weighted by Gasteiger charge is -2.34. The average molecular weight is 447 g/mol. The van der Waals surface area contributed by atoms with Crippen LogP contribution in [-0.4, -0.2) is 74.1 Å².